The quantitative estimate of drug-likeness (QED) is 0.592. The maximum absolute atomic E-state index is 11.9. The van der Waals surface area contributed by atoms with Gasteiger partial charge in [0, 0.05) is 24.7 Å². The van der Waals surface area contributed by atoms with Gasteiger partial charge in [0.15, 0.2) is 0 Å². The van der Waals surface area contributed by atoms with Crippen molar-refractivity contribution >= 4 is 5.97 Å². The second kappa shape index (κ2) is 4.54. The van der Waals surface area contributed by atoms with Crippen molar-refractivity contribution in [3.8, 4) is 0 Å². The van der Waals surface area contributed by atoms with Gasteiger partial charge in [-0.25, -0.2) is 4.79 Å². The molecule has 21 heavy (non-hydrogen) atoms. The van der Waals surface area contributed by atoms with Crippen molar-refractivity contribution in [3.05, 3.63) is 11.1 Å². The summed E-state index contributed by atoms with van der Waals surface area (Å²) in [5, 5.41) is 10.9. The van der Waals surface area contributed by atoms with Gasteiger partial charge < -0.3 is 19.3 Å². The highest BCUT2D eigenvalue weighted by Gasteiger charge is 2.60. The molecule has 2 fully saturated rings. The predicted molar refractivity (Wildman–Crippen MR) is 75.5 cm³/mol. The Morgan fingerprint density at radius 3 is 2.71 bits per heavy atom. The molecule has 2 heterocycles. The third-order valence-electron chi connectivity index (χ3n) is 5.45. The molecule has 3 rings (SSSR count). The minimum absolute atomic E-state index is 0.0926. The van der Waals surface area contributed by atoms with Crippen molar-refractivity contribution in [3.63, 3.8) is 0 Å². The lowest BCUT2D eigenvalue weighted by atomic mass is 9.81. The maximum atomic E-state index is 11.9. The Bertz CT molecular complexity index is 513. The molecule has 1 saturated heterocycles. The third kappa shape index (κ3) is 2.41. The van der Waals surface area contributed by atoms with Gasteiger partial charge in [0.1, 0.15) is 0 Å². The van der Waals surface area contributed by atoms with Crippen LogP contribution in [0.2, 0.25) is 0 Å². The van der Waals surface area contributed by atoms with Crippen LogP contribution in [0.25, 0.3) is 0 Å². The van der Waals surface area contributed by atoms with E-state index in [4.69, 9.17) is 14.2 Å². The second-order valence-corrected chi connectivity index (χ2v) is 7.07. The topological polar surface area (TPSA) is 68.3 Å². The van der Waals surface area contributed by atoms with Crippen LogP contribution in [0, 0.1) is 0 Å². The molecule has 5 nitrogen and oxygen atoms in total. The van der Waals surface area contributed by atoms with Crippen LogP contribution in [-0.4, -0.2) is 41.3 Å². The zero-order chi connectivity index (χ0) is 15.5. The number of carbonyl (C=O) groups excluding carboxylic acids is 1. The van der Waals surface area contributed by atoms with E-state index in [0.29, 0.717) is 24.0 Å². The van der Waals surface area contributed by atoms with Crippen LogP contribution in [0.1, 0.15) is 52.9 Å². The lowest BCUT2D eigenvalue weighted by Gasteiger charge is -2.33. The van der Waals surface area contributed by atoms with Gasteiger partial charge in [-0.1, -0.05) is 0 Å². The van der Waals surface area contributed by atoms with Crippen LogP contribution in [0.3, 0.4) is 0 Å². The summed E-state index contributed by atoms with van der Waals surface area (Å²) in [6, 6.07) is 0. The van der Waals surface area contributed by atoms with Crippen molar-refractivity contribution in [2.45, 2.75) is 76.0 Å². The van der Waals surface area contributed by atoms with Gasteiger partial charge in [-0.15, -0.1) is 0 Å². The Hall–Kier alpha value is -0.910. The van der Waals surface area contributed by atoms with Gasteiger partial charge in [0.05, 0.1) is 17.3 Å². The Kier molecular flexibility index (Phi) is 3.24. The van der Waals surface area contributed by atoms with E-state index < -0.39 is 17.4 Å². The summed E-state index contributed by atoms with van der Waals surface area (Å²) in [6.45, 7) is 5.76. The fraction of sp³-hybridized carbons (Fsp3) is 0.812. The van der Waals surface area contributed by atoms with Gasteiger partial charge >= 0.3 is 5.97 Å². The molecule has 0 aromatic rings. The molecule has 118 valence electrons. The molecule has 0 spiro atoms. The minimum Gasteiger partial charge on any atom is -0.426 e. The number of fused-ring (bicyclic) bond motifs is 2. The van der Waals surface area contributed by atoms with Crippen molar-refractivity contribution in [1.82, 2.24) is 0 Å². The highest BCUT2D eigenvalue weighted by molar-refractivity contribution is 5.92. The molecule has 0 aromatic carbocycles. The van der Waals surface area contributed by atoms with E-state index in [1.165, 1.54) is 0 Å². The molecule has 1 N–H and O–H groups in total. The molecule has 0 bridgehead atoms. The number of hydrogen-bond acceptors (Lipinski definition) is 5. The number of carbonyl (C=O) groups is 1. The number of methoxy groups -OCH3 is 1. The number of epoxide rings is 1. The summed E-state index contributed by atoms with van der Waals surface area (Å²) in [5.41, 5.74) is 0.520. The van der Waals surface area contributed by atoms with E-state index in [1.54, 1.807) is 14.0 Å². The normalized spacial score (nSPS) is 46.7. The number of hydrogen-bond donors (Lipinski definition) is 1. The first-order valence-corrected chi connectivity index (χ1v) is 7.60. The monoisotopic (exact) mass is 296 g/mol. The van der Waals surface area contributed by atoms with Crippen molar-refractivity contribution in [2.24, 2.45) is 0 Å². The van der Waals surface area contributed by atoms with Crippen LogP contribution >= 0.6 is 0 Å². The molecular weight excluding hydrogens is 272 g/mol. The molecular formula is C16H24O5. The Labute approximate surface area is 125 Å². The molecule has 0 unspecified atom stereocenters. The Morgan fingerprint density at radius 1 is 1.33 bits per heavy atom. The molecule has 0 amide bonds. The summed E-state index contributed by atoms with van der Waals surface area (Å²) in [7, 11) is 1.71. The van der Waals surface area contributed by atoms with Gasteiger partial charge in [0.25, 0.3) is 0 Å². The smallest absolute Gasteiger partial charge is 0.336 e. The Morgan fingerprint density at radius 2 is 2.05 bits per heavy atom. The van der Waals surface area contributed by atoms with Gasteiger partial charge in [-0.05, 0) is 46.5 Å². The number of aliphatic hydroxyl groups is 1. The van der Waals surface area contributed by atoms with E-state index in [-0.39, 0.29) is 11.7 Å². The number of ether oxygens (including phenoxy) is 3. The van der Waals surface area contributed by atoms with E-state index >= 15 is 0 Å². The predicted octanol–water partition coefficient (Wildman–Crippen LogP) is 2.08. The van der Waals surface area contributed by atoms with Gasteiger partial charge in [-0.3, -0.25) is 0 Å². The first-order chi connectivity index (χ1) is 9.71. The third-order valence-corrected chi connectivity index (χ3v) is 5.45. The molecule has 4 atom stereocenters. The first kappa shape index (κ1) is 15.0. The molecule has 5 heteroatoms. The second-order valence-electron chi connectivity index (χ2n) is 7.07. The molecule has 1 saturated carbocycles. The fourth-order valence-corrected chi connectivity index (χ4v) is 3.67. The largest absolute Gasteiger partial charge is 0.426 e. The molecule has 0 radical (unpaired) electrons. The summed E-state index contributed by atoms with van der Waals surface area (Å²) >= 11 is 0. The highest BCUT2D eigenvalue weighted by atomic mass is 16.7. The van der Waals surface area contributed by atoms with E-state index in [2.05, 4.69) is 6.92 Å². The lowest BCUT2D eigenvalue weighted by molar-refractivity contribution is -0.188. The Balaban J connectivity index is 1.94. The molecule has 0 aromatic heterocycles. The minimum atomic E-state index is -1.52. The van der Waals surface area contributed by atoms with Crippen molar-refractivity contribution in [2.75, 3.05) is 7.11 Å². The van der Waals surface area contributed by atoms with Crippen molar-refractivity contribution in [1.29, 1.82) is 0 Å². The van der Waals surface area contributed by atoms with Crippen LogP contribution in [0.5, 0.6) is 0 Å². The highest BCUT2D eigenvalue weighted by Crippen LogP contribution is 2.51. The van der Waals surface area contributed by atoms with Crippen LogP contribution in [-0.2, 0) is 19.0 Å². The van der Waals surface area contributed by atoms with Crippen LogP contribution in [0.15, 0.2) is 11.1 Å². The fourth-order valence-electron chi connectivity index (χ4n) is 3.67. The SMILES string of the molecule is CO[C@@]1(C)CCC2=C(C)C(=O)O[C@@]2(O)C[C@@]2(C)O[C@@H]2CC1. The van der Waals surface area contributed by atoms with E-state index in [1.807, 2.05) is 6.92 Å². The zero-order valence-electron chi connectivity index (χ0n) is 13.2. The maximum Gasteiger partial charge on any atom is 0.336 e. The van der Waals surface area contributed by atoms with E-state index in [0.717, 1.165) is 19.3 Å². The first-order valence-electron chi connectivity index (χ1n) is 7.60. The summed E-state index contributed by atoms with van der Waals surface area (Å²) in [5.74, 6) is -1.94. The summed E-state index contributed by atoms with van der Waals surface area (Å²) < 4.78 is 16.7. The number of rotatable bonds is 1. The number of esters is 1. The average Bonchev–Trinajstić information content (AvgIpc) is 2.98. The van der Waals surface area contributed by atoms with Gasteiger partial charge in [-0.2, -0.15) is 0 Å². The molecule has 1 aliphatic carbocycles. The summed E-state index contributed by atoms with van der Waals surface area (Å²) in [6.07, 6.45) is 3.55. The summed E-state index contributed by atoms with van der Waals surface area (Å²) in [4.78, 5) is 11.9. The molecule has 2 aliphatic heterocycles. The lowest BCUT2D eigenvalue weighted by Crippen LogP contribution is -2.39. The molecule has 3 aliphatic rings. The standard InChI is InChI=1S/C16H24O5/c1-10-11-5-7-14(2,19-4)8-6-12-15(3,20-12)9-16(11,18)21-13(10)17/h12,18H,5-9H2,1-4H3/t12-,14+,15-,16+/m1/s1. The van der Waals surface area contributed by atoms with Gasteiger partial charge in [0.2, 0.25) is 5.79 Å². The van der Waals surface area contributed by atoms with Crippen LogP contribution < -0.4 is 0 Å². The van der Waals surface area contributed by atoms with Crippen LogP contribution in [0.4, 0.5) is 0 Å². The van der Waals surface area contributed by atoms with E-state index in [9.17, 15) is 9.90 Å². The van der Waals surface area contributed by atoms with Crippen molar-refractivity contribution < 1.29 is 24.1 Å². The average molecular weight is 296 g/mol. The zero-order valence-corrected chi connectivity index (χ0v) is 13.2.